The highest BCUT2D eigenvalue weighted by Crippen LogP contribution is 2.29. The van der Waals surface area contributed by atoms with E-state index in [2.05, 4.69) is 30.8 Å². The molecule has 12 heteroatoms. The summed E-state index contributed by atoms with van der Waals surface area (Å²) in [6.45, 7) is 8.03. The van der Waals surface area contributed by atoms with E-state index in [1.165, 1.54) is 22.7 Å². The molecule has 0 saturated carbocycles. The second-order valence-electron chi connectivity index (χ2n) is 6.26. The molecule has 4 heterocycles. The van der Waals surface area contributed by atoms with E-state index in [4.69, 9.17) is 23.2 Å². The molecule has 0 aromatic carbocycles. The number of nitrogens with zero attached hydrogens (tertiary/aromatic N) is 8. The van der Waals surface area contributed by atoms with Crippen molar-refractivity contribution in [2.75, 3.05) is 0 Å². The molecule has 0 radical (unpaired) electrons. The number of rotatable bonds is 4. The lowest BCUT2D eigenvalue weighted by Crippen LogP contribution is -2.04. The summed E-state index contributed by atoms with van der Waals surface area (Å²) in [5.74, 6) is 1.27. The lowest BCUT2D eigenvalue weighted by molar-refractivity contribution is 0.455. The summed E-state index contributed by atoms with van der Waals surface area (Å²) < 4.78 is 1.47. The van der Waals surface area contributed by atoms with Gasteiger partial charge in [0.15, 0.2) is 0 Å². The van der Waals surface area contributed by atoms with E-state index in [1.807, 2.05) is 52.0 Å². The number of hydrogen-bond acceptors (Lipinski definition) is 8. The molecule has 0 aliphatic rings. The first kappa shape index (κ1) is 20.8. The molecule has 0 aliphatic heterocycles. The fourth-order valence-corrected chi connectivity index (χ4v) is 3.89. The minimum atomic E-state index is 0.228. The van der Waals surface area contributed by atoms with Crippen LogP contribution in [-0.2, 0) is 0 Å². The molecule has 148 valence electrons. The maximum atomic E-state index is 5.82. The molecule has 4 aromatic rings. The average Bonchev–Trinajstić information content (AvgIpc) is 3.41. The molecular formula is C16H18Cl2N8S2. The van der Waals surface area contributed by atoms with Crippen molar-refractivity contribution in [3.63, 3.8) is 0 Å². The first-order chi connectivity index (χ1) is 13.3. The van der Waals surface area contributed by atoms with E-state index in [-0.39, 0.29) is 12.1 Å². The molecule has 0 bridgehead atoms. The highest BCUT2D eigenvalue weighted by Gasteiger charge is 2.10. The van der Waals surface area contributed by atoms with Crippen LogP contribution in [0.2, 0.25) is 8.67 Å². The fraction of sp³-hybridized carbons (Fsp3) is 0.375. The zero-order valence-electron chi connectivity index (χ0n) is 15.6. The van der Waals surface area contributed by atoms with Crippen molar-refractivity contribution in [1.29, 1.82) is 0 Å². The van der Waals surface area contributed by atoms with Gasteiger partial charge in [0.05, 0.1) is 30.5 Å². The van der Waals surface area contributed by atoms with E-state index in [1.54, 1.807) is 9.59 Å². The zero-order chi connectivity index (χ0) is 20.3. The molecule has 0 amide bonds. The Morgan fingerprint density at radius 2 is 1.11 bits per heavy atom. The summed E-state index contributed by atoms with van der Waals surface area (Å²) in [5.41, 5.74) is 0. The normalized spacial score (nSPS) is 11.1. The molecule has 0 unspecified atom stereocenters. The van der Waals surface area contributed by atoms with Gasteiger partial charge in [-0.1, -0.05) is 23.2 Å². The average molecular weight is 457 g/mol. The van der Waals surface area contributed by atoms with Crippen LogP contribution in [0.3, 0.4) is 0 Å². The Kier molecular flexibility index (Phi) is 6.76. The van der Waals surface area contributed by atoms with Crippen molar-refractivity contribution in [3.8, 4) is 21.4 Å². The van der Waals surface area contributed by atoms with E-state index >= 15 is 0 Å². The molecule has 0 spiro atoms. The van der Waals surface area contributed by atoms with Crippen LogP contribution in [0.15, 0.2) is 24.3 Å². The van der Waals surface area contributed by atoms with Crippen LogP contribution in [0, 0.1) is 0 Å². The standard InChI is InChI=1S/2C8H9ClN4S/c2*1-5(2)13-11-8(10-12-13)6-3-4-7(9)14-6/h2*3-5H,1-2H3. The SMILES string of the molecule is CC(C)n1nnc(-c2ccc(Cl)s2)n1.CC(C)n1nnc(-c2ccc(Cl)s2)n1. The van der Waals surface area contributed by atoms with Gasteiger partial charge in [0, 0.05) is 0 Å². The van der Waals surface area contributed by atoms with E-state index in [0.717, 1.165) is 18.4 Å². The van der Waals surface area contributed by atoms with Crippen LogP contribution in [0.25, 0.3) is 21.4 Å². The van der Waals surface area contributed by atoms with Crippen LogP contribution in [-0.4, -0.2) is 40.4 Å². The summed E-state index contributed by atoms with van der Waals surface area (Å²) >= 11 is 14.5. The second-order valence-corrected chi connectivity index (χ2v) is 9.69. The molecule has 4 aromatic heterocycles. The predicted octanol–water partition coefficient (Wildman–Crippen LogP) is 5.27. The highest BCUT2D eigenvalue weighted by atomic mass is 35.5. The Balaban J connectivity index is 0.000000161. The van der Waals surface area contributed by atoms with Gasteiger partial charge in [-0.05, 0) is 62.4 Å². The van der Waals surface area contributed by atoms with Crippen molar-refractivity contribution in [2.24, 2.45) is 0 Å². The van der Waals surface area contributed by atoms with Crippen molar-refractivity contribution in [2.45, 2.75) is 39.8 Å². The number of thiophene rings is 2. The summed E-state index contributed by atoms with van der Waals surface area (Å²) in [6.07, 6.45) is 0. The minimum absolute atomic E-state index is 0.228. The third kappa shape index (κ3) is 5.13. The smallest absolute Gasteiger partial charge is 0.161 e. The second kappa shape index (κ2) is 9.08. The molecule has 4 rings (SSSR count). The van der Waals surface area contributed by atoms with Crippen molar-refractivity contribution >= 4 is 45.9 Å². The third-order valence-corrected chi connectivity index (χ3v) is 5.82. The molecule has 0 aliphatic carbocycles. The number of aromatic nitrogens is 8. The molecule has 0 N–H and O–H groups in total. The van der Waals surface area contributed by atoms with Gasteiger partial charge in [-0.3, -0.25) is 0 Å². The van der Waals surface area contributed by atoms with Gasteiger partial charge in [0.25, 0.3) is 0 Å². The number of halogens is 2. The number of hydrogen-bond donors (Lipinski definition) is 0. The first-order valence-electron chi connectivity index (χ1n) is 8.44. The summed E-state index contributed by atoms with van der Waals surface area (Å²) in [4.78, 5) is 5.06. The third-order valence-electron chi connectivity index (χ3n) is 3.37. The lowest BCUT2D eigenvalue weighted by atomic mass is 10.4. The van der Waals surface area contributed by atoms with Gasteiger partial charge < -0.3 is 0 Å². The Morgan fingerprint density at radius 1 is 0.714 bits per heavy atom. The molecule has 0 fully saturated rings. The Labute approximate surface area is 180 Å². The van der Waals surface area contributed by atoms with Gasteiger partial charge in [-0.15, -0.1) is 43.1 Å². The van der Waals surface area contributed by atoms with Crippen LogP contribution in [0.1, 0.15) is 39.8 Å². The maximum absolute atomic E-state index is 5.82. The van der Waals surface area contributed by atoms with E-state index in [9.17, 15) is 0 Å². The monoisotopic (exact) mass is 456 g/mol. The fourth-order valence-electron chi connectivity index (χ4n) is 1.95. The topological polar surface area (TPSA) is 87.2 Å². The minimum Gasteiger partial charge on any atom is -0.161 e. The van der Waals surface area contributed by atoms with E-state index < -0.39 is 0 Å². The van der Waals surface area contributed by atoms with Crippen LogP contribution < -0.4 is 0 Å². The van der Waals surface area contributed by atoms with Gasteiger partial charge in [0.2, 0.25) is 11.6 Å². The lowest BCUT2D eigenvalue weighted by Gasteiger charge is -1.98. The molecule has 0 saturated heterocycles. The quantitative estimate of drug-likeness (QED) is 0.415. The van der Waals surface area contributed by atoms with Crippen molar-refractivity contribution in [3.05, 3.63) is 32.9 Å². The largest absolute Gasteiger partial charge is 0.214 e. The molecule has 28 heavy (non-hydrogen) atoms. The summed E-state index contributed by atoms with van der Waals surface area (Å²) in [6, 6.07) is 7.91. The predicted molar refractivity (Wildman–Crippen MR) is 113 cm³/mol. The van der Waals surface area contributed by atoms with Crippen molar-refractivity contribution in [1.82, 2.24) is 40.4 Å². The highest BCUT2D eigenvalue weighted by molar-refractivity contribution is 7.19. The van der Waals surface area contributed by atoms with Gasteiger partial charge in [-0.25, -0.2) is 0 Å². The van der Waals surface area contributed by atoms with Crippen LogP contribution in [0.5, 0.6) is 0 Å². The summed E-state index contributed by atoms with van der Waals surface area (Å²) in [7, 11) is 0. The Bertz CT molecular complexity index is 950. The van der Waals surface area contributed by atoms with Crippen LogP contribution in [0.4, 0.5) is 0 Å². The first-order valence-corrected chi connectivity index (χ1v) is 10.8. The van der Waals surface area contributed by atoms with Crippen LogP contribution >= 0.6 is 45.9 Å². The molecule has 8 nitrogen and oxygen atoms in total. The van der Waals surface area contributed by atoms with Gasteiger partial charge in [0.1, 0.15) is 0 Å². The maximum Gasteiger partial charge on any atom is 0.214 e. The Hall–Kier alpha value is -1.88. The summed E-state index contributed by atoms with van der Waals surface area (Å²) in [5, 5.41) is 24.3. The van der Waals surface area contributed by atoms with Gasteiger partial charge in [-0.2, -0.15) is 9.59 Å². The molecule has 0 atom stereocenters. The zero-order valence-corrected chi connectivity index (χ0v) is 18.8. The Morgan fingerprint density at radius 3 is 1.36 bits per heavy atom. The number of tetrazole rings is 2. The van der Waals surface area contributed by atoms with Gasteiger partial charge >= 0.3 is 0 Å². The molecular weight excluding hydrogens is 439 g/mol. The van der Waals surface area contributed by atoms with Crippen molar-refractivity contribution < 1.29 is 0 Å². The van der Waals surface area contributed by atoms with E-state index in [0.29, 0.717) is 11.6 Å².